The molecule has 3 aromatic carbocycles. The molecule has 2 heteroatoms. The van der Waals surface area contributed by atoms with E-state index in [1.165, 1.54) is 54.4 Å². The molecule has 0 unspecified atom stereocenters. The zero-order valence-corrected chi connectivity index (χ0v) is 20.8. The highest BCUT2D eigenvalue weighted by Gasteiger charge is 2.52. The lowest BCUT2D eigenvalue weighted by molar-refractivity contribution is 0.0363. The largest absolute Gasteiger partial charge is 0.489 e. The molecule has 3 aromatic rings. The van der Waals surface area contributed by atoms with Crippen molar-refractivity contribution in [3.8, 4) is 5.75 Å². The van der Waals surface area contributed by atoms with Crippen molar-refractivity contribution in [2.24, 2.45) is 17.3 Å². The quantitative estimate of drug-likeness (QED) is 0.352. The van der Waals surface area contributed by atoms with Gasteiger partial charge in [0.05, 0.1) is 12.7 Å². The molecule has 0 heterocycles. The van der Waals surface area contributed by atoms with Gasteiger partial charge >= 0.3 is 0 Å². The first-order valence-corrected chi connectivity index (χ1v) is 13.4. The summed E-state index contributed by atoms with van der Waals surface area (Å²) in [5.74, 6) is 2.38. The van der Waals surface area contributed by atoms with Gasteiger partial charge in [0.15, 0.2) is 0 Å². The van der Waals surface area contributed by atoms with Crippen molar-refractivity contribution < 1.29 is 9.47 Å². The summed E-state index contributed by atoms with van der Waals surface area (Å²) in [6.45, 7) is 3.76. The molecule has 4 atom stereocenters. The second-order valence-electron chi connectivity index (χ2n) is 10.8. The van der Waals surface area contributed by atoms with E-state index in [2.05, 4.69) is 85.8 Å². The minimum Gasteiger partial charge on any atom is -0.489 e. The Morgan fingerprint density at radius 2 is 1.63 bits per heavy atom. The summed E-state index contributed by atoms with van der Waals surface area (Å²) in [6.07, 6.45) is 10.2. The first kappa shape index (κ1) is 22.6. The average molecular weight is 465 g/mol. The molecular weight excluding hydrogens is 428 g/mol. The van der Waals surface area contributed by atoms with Crippen LogP contribution >= 0.6 is 0 Å². The van der Waals surface area contributed by atoms with Gasteiger partial charge in [-0.05, 0) is 95.7 Å². The molecule has 0 radical (unpaired) electrons. The summed E-state index contributed by atoms with van der Waals surface area (Å²) in [4.78, 5) is 0. The van der Waals surface area contributed by atoms with Gasteiger partial charge in [-0.3, -0.25) is 0 Å². The monoisotopic (exact) mass is 464 g/mol. The number of allylic oxidation sites excluding steroid dienone is 2. The highest BCUT2D eigenvalue weighted by atomic mass is 16.5. The van der Waals surface area contributed by atoms with E-state index in [4.69, 9.17) is 9.47 Å². The number of hydrogen-bond donors (Lipinski definition) is 0. The molecular formula is C33H36O2. The Bertz CT molecular complexity index is 1180. The van der Waals surface area contributed by atoms with Crippen molar-refractivity contribution in [3.63, 3.8) is 0 Å². The van der Waals surface area contributed by atoms with E-state index in [0.29, 0.717) is 24.0 Å². The van der Waals surface area contributed by atoms with Crippen LogP contribution in [0.3, 0.4) is 0 Å². The molecule has 0 bridgehead atoms. The number of benzene rings is 3. The summed E-state index contributed by atoms with van der Waals surface area (Å²) in [5, 5.41) is 0. The van der Waals surface area contributed by atoms with Crippen LogP contribution < -0.4 is 4.74 Å². The summed E-state index contributed by atoms with van der Waals surface area (Å²) in [5.41, 5.74) is 7.42. The van der Waals surface area contributed by atoms with E-state index < -0.39 is 0 Å². The molecule has 2 nitrogen and oxygen atoms in total. The Morgan fingerprint density at radius 1 is 0.886 bits per heavy atom. The second-order valence-corrected chi connectivity index (χ2v) is 10.8. The smallest absolute Gasteiger partial charge is 0.120 e. The molecule has 0 spiro atoms. The second kappa shape index (κ2) is 9.66. The average Bonchev–Trinajstić information content (AvgIpc) is 3.31. The predicted molar refractivity (Wildman–Crippen MR) is 142 cm³/mol. The Balaban J connectivity index is 1.17. The van der Waals surface area contributed by atoms with Crippen LogP contribution in [0.4, 0.5) is 0 Å². The maximum absolute atomic E-state index is 6.50. The topological polar surface area (TPSA) is 18.5 Å². The van der Waals surface area contributed by atoms with Crippen molar-refractivity contribution in [1.29, 1.82) is 0 Å². The molecule has 0 saturated heterocycles. The fourth-order valence-electron chi connectivity index (χ4n) is 7.06. The minimum absolute atomic E-state index is 0.378. The molecule has 0 aromatic heterocycles. The maximum atomic E-state index is 6.50. The van der Waals surface area contributed by atoms with Gasteiger partial charge < -0.3 is 9.47 Å². The van der Waals surface area contributed by atoms with Crippen molar-refractivity contribution in [3.05, 3.63) is 107 Å². The molecule has 0 N–H and O–H groups in total. The molecule has 0 aliphatic heterocycles. The van der Waals surface area contributed by atoms with E-state index in [-0.39, 0.29) is 0 Å². The van der Waals surface area contributed by atoms with Gasteiger partial charge in [-0.25, -0.2) is 0 Å². The molecule has 0 amide bonds. The van der Waals surface area contributed by atoms with Crippen molar-refractivity contribution >= 4 is 5.57 Å². The van der Waals surface area contributed by atoms with Crippen LogP contribution in [0, 0.1) is 17.3 Å². The Labute approximate surface area is 210 Å². The molecule has 1 fully saturated rings. The standard InChI is InChI=1S/C33H36O2/c1-2-33-18-17-30-29-16-14-27(34-22-24-9-5-3-6-10-24)19-26(29)13-15-31(30)32(33)20-28(21-33)35-23-25-11-7-4-8-12-25/h3-12,14,16-17,19,28,31-32H,2,13,15,18,20-23H2,1H3/t28-,31-,32+,33-/m1/s1. The van der Waals surface area contributed by atoms with Crippen LogP contribution in [-0.2, 0) is 24.4 Å². The van der Waals surface area contributed by atoms with Gasteiger partial charge in [0, 0.05) is 0 Å². The summed E-state index contributed by atoms with van der Waals surface area (Å²) < 4.78 is 12.6. The minimum atomic E-state index is 0.378. The maximum Gasteiger partial charge on any atom is 0.120 e. The fraction of sp³-hybridized carbons (Fsp3) is 0.394. The number of hydrogen-bond acceptors (Lipinski definition) is 2. The van der Waals surface area contributed by atoms with Gasteiger partial charge in [0.25, 0.3) is 0 Å². The van der Waals surface area contributed by atoms with Crippen LogP contribution in [0.1, 0.15) is 61.3 Å². The summed E-state index contributed by atoms with van der Waals surface area (Å²) in [7, 11) is 0. The number of fused-ring (bicyclic) bond motifs is 5. The summed E-state index contributed by atoms with van der Waals surface area (Å²) in [6, 6.07) is 27.8. The van der Waals surface area contributed by atoms with Crippen molar-refractivity contribution in [2.75, 3.05) is 0 Å². The van der Waals surface area contributed by atoms with Gasteiger partial charge in [0.1, 0.15) is 12.4 Å². The molecule has 180 valence electrons. The van der Waals surface area contributed by atoms with E-state index in [9.17, 15) is 0 Å². The number of rotatable bonds is 7. The molecule has 6 rings (SSSR count). The zero-order valence-electron chi connectivity index (χ0n) is 20.8. The summed E-state index contributed by atoms with van der Waals surface area (Å²) >= 11 is 0. The fourth-order valence-corrected chi connectivity index (χ4v) is 7.06. The van der Waals surface area contributed by atoms with E-state index >= 15 is 0 Å². The van der Waals surface area contributed by atoms with Crippen molar-refractivity contribution in [1.82, 2.24) is 0 Å². The Kier molecular flexibility index (Phi) is 6.24. The third-order valence-corrected chi connectivity index (χ3v) is 8.94. The normalized spacial score (nSPS) is 26.9. The highest BCUT2D eigenvalue weighted by molar-refractivity contribution is 5.73. The molecule has 3 aliphatic carbocycles. The first-order valence-electron chi connectivity index (χ1n) is 13.4. The van der Waals surface area contributed by atoms with Gasteiger partial charge in [-0.1, -0.05) is 79.7 Å². The third kappa shape index (κ3) is 4.45. The highest BCUT2D eigenvalue weighted by Crippen LogP contribution is 2.60. The third-order valence-electron chi connectivity index (χ3n) is 8.94. The van der Waals surface area contributed by atoms with Crippen LogP contribution in [-0.4, -0.2) is 6.10 Å². The first-order chi connectivity index (χ1) is 17.2. The van der Waals surface area contributed by atoms with Gasteiger partial charge in [-0.2, -0.15) is 0 Å². The van der Waals surface area contributed by atoms with Crippen molar-refractivity contribution in [2.45, 2.75) is 64.8 Å². The van der Waals surface area contributed by atoms with Crippen LogP contribution in [0.5, 0.6) is 5.75 Å². The lowest BCUT2D eigenvalue weighted by atomic mass is 9.59. The SMILES string of the molecule is CC[C@]12CC=C3c4ccc(OCc5ccccc5)cc4CC[C@H]3[C@@H]1C[C@@H](OCc1ccccc1)C2. The lowest BCUT2D eigenvalue weighted by Gasteiger charge is -2.45. The van der Waals surface area contributed by atoms with Gasteiger partial charge in [-0.15, -0.1) is 0 Å². The lowest BCUT2D eigenvalue weighted by Crippen LogP contribution is -2.36. The van der Waals surface area contributed by atoms with Crippen LogP contribution in [0.2, 0.25) is 0 Å². The number of aryl methyl sites for hydroxylation is 1. The van der Waals surface area contributed by atoms with Crippen LogP contribution in [0.15, 0.2) is 84.9 Å². The van der Waals surface area contributed by atoms with Crippen LogP contribution in [0.25, 0.3) is 5.57 Å². The molecule has 3 aliphatic rings. The zero-order chi connectivity index (χ0) is 23.7. The predicted octanol–water partition coefficient (Wildman–Crippen LogP) is 8.01. The Morgan fingerprint density at radius 3 is 2.37 bits per heavy atom. The molecule has 1 saturated carbocycles. The number of ether oxygens (including phenoxy) is 2. The van der Waals surface area contributed by atoms with E-state index in [1.54, 1.807) is 5.57 Å². The van der Waals surface area contributed by atoms with E-state index in [0.717, 1.165) is 24.7 Å². The van der Waals surface area contributed by atoms with E-state index in [1.807, 2.05) is 6.07 Å². The van der Waals surface area contributed by atoms with Gasteiger partial charge in [0.2, 0.25) is 0 Å². The molecule has 35 heavy (non-hydrogen) atoms. The Hall–Kier alpha value is -2.84.